The molecular formula is C11H12ClNO2. The highest BCUT2D eigenvalue weighted by Crippen LogP contribution is 2.40. The summed E-state index contributed by atoms with van der Waals surface area (Å²) in [7, 11) is 1.50. The number of pyridine rings is 1. The molecule has 0 saturated heterocycles. The monoisotopic (exact) mass is 225 g/mol. The first-order chi connectivity index (χ1) is 6.95. The number of fused-ring (bicyclic) bond motifs is 1. The standard InChI is InChI=1S/C11H12ClNO2/c1-11(2)5-6-4-7(12)13-10(15-3)8(6)9(11)14/h4H,5H2,1-3H3. The van der Waals surface area contributed by atoms with Gasteiger partial charge in [-0.1, -0.05) is 25.4 Å². The van der Waals surface area contributed by atoms with Gasteiger partial charge in [0.2, 0.25) is 5.88 Å². The number of methoxy groups -OCH3 is 1. The second-order valence-corrected chi connectivity index (χ2v) is 4.77. The van der Waals surface area contributed by atoms with Crippen molar-refractivity contribution in [3.8, 4) is 5.88 Å². The van der Waals surface area contributed by atoms with Gasteiger partial charge in [-0.15, -0.1) is 0 Å². The molecule has 0 fully saturated rings. The van der Waals surface area contributed by atoms with Gasteiger partial charge >= 0.3 is 0 Å². The van der Waals surface area contributed by atoms with Crippen LogP contribution in [0.1, 0.15) is 29.8 Å². The smallest absolute Gasteiger partial charge is 0.225 e. The second-order valence-electron chi connectivity index (χ2n) is 4.38. The minimum Gasteiger partial charge on any atom is -0.480 e. The molecule has 0 spiro atoms. The molecule has 0 amide bonds. The summed E-state index contributed by atoms with van der Waals surface area (Å²) in [5.41, 5.74) is 1.15. The number of hydrogen-bond acceptors (Lipinski definition) is 3. The first-order valence-electron chi connectivity index (χ1n) is 4.74. The van der Waals surface area contributed by atoms with Crippen molar-refractivity contribution < 1.29 is 9.53 Å². The van der Waals surface area contributed by atoms with Gasteiger partial charge in [0.1, 0.15) is 5.15 Å². The summed E-state index contributed by atoms with van der Waals surface area (Å²) >= 11 is 5.85. The molecule has 0 radical (unpaired) electrons. The van der Waals surface area contributed by atoms with Gasteiger partial charge < -0.3 is 4.74 Å². The summed E-state index contributed by atoms with van der Waals surface area (Å²) < 4.78 is 5.09. The van der Waals surface area contributed by atoms with E-state index in [9.17, 15) is 4.79 Å². The van der Waals surface area contributed by atoms with E-state index in [1.54, 1.807) is 6.07 Å². The summed E-state index contributed by atoms with van der Waals surface area (Å²) in [5.74, 6) is 0.423. The molecule has 3 nitrogen and oxygen atoms in total. The SMILES string of the molecule is COc1nc(Cl)cc2c1C(=O)C(C)(C)C2. The topological polar surface area (TPSA) is 39.2 Å². The highest BCUT2D eigenvalue weighted by atomic mass is 35.5. The van der Waals surface area contributed by atoms with Crippen molar-refractivity contribution >= 4 is 17.4 Å². The fourth-order valence-electron chi connectivity index (χ4n) is 1.96. The number of ether oxygens (including phenoxy) is 1. The van der Waals surface area contributed by atoms with Crippen LogP contribution in [0.3, 0.4) is 0 Å². The van der Waals surface area contributed by atoms with Crippen LogP contribution < -0.4 is 4.74 Å². The Morgan fingerprint density at radius 2 is 2.20 bits per heavy atom. The van der Waals surface area contributed by atoms with Gasteiger partial charge in [0, 0.05) is 5.41 Å². The molecular weight excluding hydrogens is 214 g/mol. The van der Waals surface area contributed by atoms with Crippen molar-refractivity contribution in [2.45, 2.75) is 20.3 Å². The minimum atomic E-state index is -0.373. The number of ketones is 1. The maximum Gasteiger partial charge on any atom is 0.225 e. The number of nitrogens with zero attached hydrogens (tertiary/aromatic N) is 1. The lowest BCUT2D eigenvalue weighted by Crippen LogP contribution is -2.19. The molecule has 15 heavy (non-hydrogen) atoms. The van der Waals surface area contributed by atoms with Crippen molar-refractivity contribution in [2.24, 2.45) is 5.41 Å². The second kappa shape index (κ2) is 3.20. The van der Waals surface area contributed by atoms with Crippen molar-refractivity contribution in [2.75, 3.05) is 7.11 Å². The molecule has 1 aliphatic carbocycles. The van der Waals surface area contributed by atoms with Gasteiger partial charge in [-0.3, -0.25) is 4.79 Å². The van der Waals surface area contributed by atoms with Crippen molar-refractivity contribution in [3.63, 3.8) is 0 Å². The Bertz CT molecular complexity index is 440. The van der Waals surface area contributed by atoms with E-state index in [0.29, 0.717) is 23.0 Å². The maximum absolute atomic E-state index is 12.0. The summed E-state index contributed by atoms with van der Waals surface area (Å²) in [6.07, 6.45) is 0.694. The summed E-state index contributed by atoms with van der Waals surface area (Å²) in [6, 6.07) is 1.74. The van der Waals surface area contributed by atoms with Gasteiger partial charge in [-0.2, -0.15) is 0 Å². The normalized spacial score (nSPS) is 17.7. The molecule has 4 heteroatoms. The molecule has 0 atom stereocenters. The lowest BCUT2D eigenvalue weighted by molar-refractivity contribution is 0.0860. The predicted molar refractivity (Wildman–Crippen MR) is 57.6 cm³/mol. The van der Waals surface area contributed by atoms with Gasteiger partial charge in [0.25, 0.3) is 0 Å². The van der Waals surface area contributed by atoms with E-state index < -0.39 is 0 Å². The van der Waals surface area contributed by atoms with E-state index in [4.69, 9.17) is 16.3 Å². The van der Waals surface area contributed by atoms with E-state index in [1.807, 2.05) is 13.8 Å². The zero-order valence-corrected chi connectivity index (χ0v) is 9.68. The third-order valence-electron chi connectivity index (χ3n) is 2.70. The molecule has 1 heterocycles. The molecule has 0 bridgehead atoms. The van der Waals surface area contributed by atoms with E-state index in [2.05, 4.69) is 4.98 Å². The molecule has 0 saturated carbocycles. The molecule has 80 valence electrons. The molecule has 0 aromatic carbocycles. The zero-order chi connectivity index (χ0) is 11.2. The number of carbonyl (C=O) groups is 1. The number of Topliss-reactive ketones (excluding diaryl/α,β-unsaturated/α-hetero) is 1. The van der Waals surface area contributed by atoms with E-state index in [0.717, 1.165) is 5.56 Å². The maximum atomic E-state index is 12.0. The lowest BCUT2D eigenvalue weighted by Gasteiger charge is -2.13. The fraction of sp³-hybridized carbons (Fsp3) is 0.455. The third-order valence-corrected chi connectivity index (χ3v) is 2.90. The summed E-state index contributed by atoms with van der Waals surface area (Å²) in [6.45, 7) is 3.84. The Hall–Kier alpha value is -1.09. The van der Waals surface area contributed by atoms with Crippen molar-refractivity contribution in [1.82, 2.24) is 4.98 Å². The number of rotatable bonds is 1. The third kappa shape index (κ3) is 1.51. The van der Waals surface area contributed by atoms with E-state index in [1.165, 1.54) is 7.11 Å². The fourth-order valence-corrected chi connectivity index (χ4v) is 2.17. The Labute approximate surface area is 93.4 Å². The molecule has 0 N–H and O–H groups in total. The molecule has 1 aromatic rings. The Kier molecular flexibility index (Phi) is 2.23. The average Bonchev–Trinajstić information content (AvgIpc) is 2.36. The first kappa shape index (κ1) is 10.4. The Balaban J connectivity index is 2.64. The largest absolute Gasteiger partial charge is 0.480 e. The predicted octanol–water partition coefficient (Wildman–Crippen LogP) is 2.51. The molecule has 0 aliphatic heterocycles. The highest BCUT2D eigenvalue weighted by Gasteiger charge is 2.40. The van der Waals surface area contributed by atoms with Crippen LogP contribution in [-0.2, 0) is 6.42 Å². The van der Waals surface area contributed by atoms with Crippen molar-refractivity contribution in [1.29, 1.82) is 0 Å². The van der Waals surface area contributed by atoms with E-state index in [-0.39, 0.29) is 11.2 Å². The van der Waals surface area contributed by atoms with Gasteiger partial charge in [0.05, 0.1) is 12.7 Å². The van der Waals surface area contributed by atoms with Crippen LogP contribution in [0.15, 0.2) is 6.07 Å². The number of aromatic nitrogens is 1. The van der Waals surface area contributed by atoms with E-state index >= 15 is 0 Å². The van der Waals surface area contributed by atoms with Crippen LogP contribution in [0.4, 0.5) is 0 Å². The zero-order valence-electron chi connectivity index (χ0n) is 8.93. The molecule has 1 aliphatic rings. The van der Waals surface area contributed by atoms with Crippen LogP contribution in [0, 0.1) is 5.41 Å². The van der Waals surface area contributed by atoms with Crippen LogP contribution >= 0.6 is 11.6 Å². The van der Waals surface area contributed by atoms with Gasteiger partial charge in [0.15, 0.2) is 5.78 Å². The lowest BCUT2D eigenvalue weighted by atomic mass is 9.89. The Morgan fingerprint density at radius 1 is 1.53 bits per heavy atom. The van der Waals surface area contributed by atoms with Gasteiger partial charge in [-0.25, -0.2) is 4.98 Å². The first-order valence-corrected chi connectivity index (χ1v) is 5.12. The molecule has 0 unspecified atom stereocenters. The quantitative estimate of drug-likeness (QED) is 0.690. The summed E-state index contributed by atoms with van der Waals surface area (Å²) in [5, 5.41) is 0.371. The highest BCUT2D eigenvalue weighted by molar-refractivity contribution is 6.29. The summed E-state index contributed by atoms with van der Waals surface area (Å²) in [4.78, 5) is 16.0. The van der Waals surface area contributed by atoms with Crippen LogP contribution in [-0.4, -0.2) is 17.9 Å². The van der Waals surface area contributed by atoms with Crippen molar-refractivity contribution in [3.05, 3.63) is 22.3 Å². The van der Waals surface area contributed by atoms with Crippen LogP contribution in [0.5, 0.6) is 5.88 Å². The average molecular weight is 226 g/mol. The molecule has 1 aromatic heterocycles. The van der Waals surface area contributed by atoms with Crippen LogP contribution in [0.25, 0.3) is 0 Å². The molecule has 2 rings (SSSR count). The number of hydrogen-bond donors (Lipinski definition) is 0. The number of halogens is 1. The van der Waals surface area contributed by atoms with Crippen LogP contribution in [0.2, 0.25) is 5.15 Å². The number of carbonyl (C=O) groups excluding carboxylic acids is 1. The minimum absolute atomic E-state index is 0.0820. The Morgan fingerprint density at radius 3 is 2.80 bits per heavy atom. The van der Waals surface area contributed by atoms with Gasteiger partial charge in [-0.05, 0) is 18.1 Å².